The normalized spacial score (nSPS) is 11.0. The lowest BCUT2D eigenvalue weighted by molar-refractivity contribution is -0.119. The van der Waals surface area contributed by atoms with Crippen molar-refractivity contribution < 1.29 is 17.6 Å². The van der Waals surface area contributed by atoms with Gasteiger partial charge in [0.05, 0.1) is 11.9 Å². The monoisotopic (exact) mass is 337 g/mol. The molecule has 0 aliphatic carbocycles. The van der Waals surface area contributed by atoms with Crippen LogP contribution in [-0.4, -0.2) is 32.1 Å². The first kappa shape index (κ1) is 16.9. The Morgan fingerprint density at radius 1 is 1.17 bits per heavy atom. The van der Waals surface area contributed by atoms with E-state index in [-0.39, 0.29) is 18.8 Å². The molecule has 1 N–H and O–H groups in total. The van der Waals surface area contributed by atoms with Crippen LogP contribution in [0.25, 0.3) is 0 Å². The van der Waals surface area contributed by atoms with Gasteiger partial charge in [-0.2, -0.15) is 0 Å². The minimum Gasteiger partial charge on any atom is -0.350 e. The van der Waals surface area contributed by atoms with Crippen LogP contribution in [0.3, 0.4) is 0 Å². The fourth-order valence-electron chi connectivity index (χ4n) is 1.89. The molecular formula is C15H16FN3O3S. The van der Waals surface area contributed by atoms with Crippen molar-refractivity contribution in [2.75, 3.05) is 17.1 Å². The number of nitrogens with zero attached hydrogens (tertiary/aromatic N) is 2. The molecule has 0 saturated heterocycles. The number of anilines is 1. The van der Waals surface area contributed by atoms with Crippen molar-refractivity contribution >= 4 is 21.6 Å². The van der Waals surface area contributed by atoms with E-state index in [0.717, 1.165) is 28.3 Å². The number of hydrogen-bond acceptors (Lipinski definition) is 4. The number of halogens is 1. The fourth-order valence-corrected chi connectivity index (χ4v) is 2.75. The lowest BCUT2D eigenvalue weighted by atomic mass is 10.2. The largest absolute Gasteiger partial charge is 0.350 e. The number of carbonyl (C=O) groups is 1. The van der Waals surface area contributed by atoms with Gasteiger partial charge in [-0.1, -0.05) is 0 Å². The van der Waals surface area contributed by atoms with E-state index < -0.39 is 21.7 Å². The highest BCUT2D eigenvalue weighted by Gasteiger charge is 2.20. The summed E-state index contributed by atoms with van der Waals surface area (Å²) < 4.78 is 37.6. The van der Waals surface area contributed by atoms with Crippen LogP contribution in [-0.2, 0) is 21.4 Å². The van der Waals surface area contributed by atoms with Gasteiger partial charge in [0.1, 0.15) is 12.4 Å². The second-order valence-electron chi connectivity index (χ2n) is 4.88. The SMILES string of the molecule is CS(=O)(=O)N(CC(=O)NCc1ccncc1)c1ccc(F)cc1. The van der Waals surface area contributed by atoms with Crippen LogP contribution < -0.4 is 9.62 Å². The molecule has 1 aromatic carbocycles. The van der Waals surface area contributed by atoms with Gasteiger partial charge in [-0.15, -0.1) is 0 Å². The summed E-state index contributed by atoms with van der Waals surface area (Å²) in [4.78, 5) is 15.9. The van der Waals surface area contributed by atoms with Crippen molar-refractivity contribution in [3.63, 3.8) is 0 Å². The van der Waals surface area contributed by atoms with E-state index in [9.17, 15) is 17.6 Å². The van der Waals surface area contributed by atoms with Crippen molar-refractivity contribution in [2.24, 2.45) is 0 Å². The Kier molecular flexibility index (Phi) is 5.28. The average Bonchev–Trinajstić information content (AvgIpc) is 2.52. The van der Waals surface area contributed by atoms with E-state index in [0.29, 0.717) is 0 Å². The van der Waals surface area contributed by atoms with Crippen LogP contribution in [0.1, 0.15) is 5.56 Å². The molecule has 0 atom stereocenters. The number of pyridine rings is 1. The summed E-state index contributed by atoms with van der Waals surface area (Å²) in [6.45, 7) is -0.113. The summed E-state index contributed by atoms with van der Waals surface area (Å²) in [6.07, 6.45) is 4.19. The summed E-state index contributed by atoms with van der Waals surface area (Å²) in [5, 5.41) is 2.64. The molecule has 1 heterocycles. The third-order valence-electron chi connectivity index (χ3n) is 3.04. The molecule has 0 unspecified atom stereocenters. The van der Waals surface area contributed by atoms with E-state index in [4.69, 9.17) is 0 Å². The number of nitrogens with one attached hydrogen (secondary N) is 1. The molecule has 0 saturated carbocycles. The first-order chi connectivity index (χ1) is 10.9. The molecule has 2 rings (SSSR count). The molecule has 2 aromatic rings. The molecule has 0 aliphatic rings. The molecule has 0 radical (unpaired) electrons. The Morgan fingerprint density at radius 2 is 1.78 bits per heavy atom. The van der Waals surface area contributed by atoms with E-state index in [1.54, 1.807) is 24.5 Å². The van der Waals surface area contributed by atoms with Gasteiger partial charge in [0.25, 0.3) is 0 Å². The Morgan fingerprint density at radius 3 is 2.35 bits per heavy atom. The second kappa shape index (κ2) is 7.19. The average molecular weight is 337 g/mol. The lowest BCUT2D eigenvalue weighted by Gasteiger charge is -2.21. The van der Waals surface area contributed by atoms with E-state index in [1.807, 2.05) is 0 Å². The molecule has 1 aromatic heterocycles. The maximum absolute atomic E-state index is 13.0. The number of benzene rings is 1. The number of rotatable bonds is 6. The van der Waals surface area contributed by atoms with E-state index in [1.165, 1.54) is 12.1 Å². The third kappa shape index (κ3) is 5.03. The van der Waals surface area contributed by atoms with Gasteiger partial charge >= 0.3 is 0 Å². The van der Waals surface area contributed by atoms with Crippen LogP contribution >= 0.6 is 0 Å². The first-order valence-corrected chi connectivity index (χ1v) is 8.60. The molecule has 122 valence electrons. The van der Waals surface area contributed by atoms with Gasteiger partial charge in [-0.3, -0.25) is 14.1 Å². The number of carbonyl (C=O) groups excluding carboxylic acids is 1. The Labute approximate surface area is 134 Å². The maximum atomic E-state index is 13.0. The first-order valence-electron chi connectivity index (χ1n) is 6.75. The molecule has 6 nitrogen and oxygen atoms in total. The molecule has 0 bridgehead atoms. The number of sulfonamides is 1. The number of hydrogen-bond donors (Lipinski definition) is 1. The highest BCUT2D eigenvalue weighted by molar-refractivity contribution is 7.92. The molecular weight excluding hydrogens is 321 g/mol. The maximum Gasteiger partial charge on any atom is 0.241 e. The van der Waals surface area contributed by atoms with Crippen LogP contribution in [0.15, 0.2) is 48.8 Å². The summed E-state index contributed by atoms with van der Waals surface area (Å²) in [7, 11) is -3.67. The van der Waals surface area contributed by atoms with E-state index in [2.05, 4.69) is 10.3 Å². The molecule has 0 fully saturated rings. The Hall–Kier alpha value is -2.48. The van der Waals surface area contributed by atoms with Crippen LogP contribution in [0.5, 0.6) is 0 Å². The van der Waals surface area contributed by atoms with Crippen LogP contribution in [0.4, 0.5) is 10.1 Å². The second-order valence-corrected chi connectivity index (χ2v) is 6.79. The predicted octanol–water partition coefficient (Wildman–Crippen LogP) is 1.30. The minimum absolute atomic E-state index is 0.230. The minimum atomic E-state index is -3.67. The molecule has 0 spiro atoms. The molecule has 1 amide bonds. The zero-order valence-corrected chi connectivity index (χ0v) is 13.3. The smallest absolute Gasteiger partial charge is 0.241 e. The number of amides is 1. The topological polar surface area (TPSA) is 79.4 Å². The van der Waals surface area contributed by atoms with Crippen molar-refractivity contribution in [3.05, 3.63) is 60.2 Å². The zero-order chi connectivity index (χ0) is 16.9. The molecule has 8 heteroatoms. The highest BCUT2D eigenvalue weighted by atomic mass is 32.2. The van der Waals surface area contributed by atoms with Gasteiger partial charge in [-0.25, -0.2) is 12.8 Å². The van der Waals surface area contributed by atoms with Crippen molar-refractivity contribution in [1.82, 2.24) is 10.3 Å². The van der Waals surface area contributed by atoms with Crippen molar-refractivity contribution in [1.29, 1.82) is 0 Å². The highest BCUT2D eigenvalue weighted by Crippen LogP contribution is 2.17. The van der Waals surface area contributed by atoms with Crippen LogP contribution in [0, 0.1) is 5.82 Å². The lowest BCUT2D eigenvalue weighted by Crippen LogP contribution is -2.40. The Bertz CT molecular complexity index is 764. The summed E-state index contributed by atoms with van der Waals surface area (Å²) in [5.41, 5.74) is 1.08. The van der Waals surface area contributed by atoms with Gasteiger partial charge < -0.3 is 5.32 Å². The van der Waals surface area contributed by atoms with Gasteiger partial charge in [0.2, 0.25) is 15.9 Å². The van der Waals surface area contributed by atoms with Crippen molar-refractivity contribution in [2.45, 2.75) is 6.54 Å². The van der Waals surface area contributed by atoms with Crippen molar-refractivity contribution in [3.8, 4) is 0 Å². The molecule has 0 aliphatic heterocycles. The standard InChI is InChI=1S/C15H16FN3O3S/c1-23(21,22)19(14-4-2-13(16)3-5-14)11-15(20)18-10-12-6-8-17-9-7-12/h2-9H,10-11H2,1H3,(H,18,20). The number of aromatic nitrogens is 1. The van der Waals surface area contributed by atoms with Gasteiger partial charge in [0, 0.05) is 18.9 Å². The summed E-state index contributed by atoms with van der Waals surface area (Å²) in [5.74, 6) is -0.944. The predicted molar refractivity (Wildman–Crippen MR) is 84.7 cm³/mol. The quantitative estimate of drug-likeness (QED) is 0.862. The zero-order valence-electron chi connectivity index (χ0n) is 12.4. The fraction of sp³-hybridized carbons (Fsp3) is 0.200. The summed E-state index contributed by atoms with van der Waals surface area (Å²) in [6, 6.07) is 8.40. The van der Waals surface area contributed by atoms with E-state index >= 15 is 0 Å². The Balaban J connectivity index is 2.06. The van der Waals surface area contributed by atoms with Gasteiger partial charge in [-0.05, 0) is 42.0 Å². The third-order valence-corrected chi connectivity index (χ3v) is 4.18. The van der Waals surface area contributed by atoms with Crippen LogP contribution in [0.2, 0.25) is 0 Å². The van der Waals surface area contributed by atoms with Gasteiger partial charge in [0.15, 0.2) is 0 Å². The summed E-state index contributed by atoms with van der Waals surface area (Å²) >= 11 is 0. The molecule has 23 heavy (non-hydrogen) atoms.